The molecule has 0 fully saturated rings. The second-order valence-electron chi connectivity index (χ2n) is 8.76. The Morgan fingerprint density at radius 3 is 2.17 bits per heavy atom. The molecule has 0 aliphatic rings. The van der Waals surface area contributed by atoms with Gasteiger partial charge in [-0.15, -0.1) is 12.4 Å². The number of carbonyl (C=O) groups excluding carboxylic acids is 2. The Kier molecular flexibility index (Phi) is 11.2. The molecule has 40 heavy (non-hydrogen) atoms. The number of nitrogen functional groups attached to an aromatic ring is 1. The molecule has 2 amide bonds. The first-order valence-corrected chi connectivity index (χ1v) is 12.4. The number of ether oxygens (including phenoxy) is 1. The van der Waals surface area contributed by atoms with Crippen LogP contribution >= 0.6 is 12.4 Å². The fraction of sp³-hybridized carbons (Fsp3) is 0.133. The molecule has 0 radical (unpaired) electrons. The highest BCUT2D eigenvalue weighted by Crippen LogP contribution is 2.24. The van der Waals surface area contributed by atoms with Crippen LogP contribution < -0.4 is 26.4 Å². The molecule has 206 valence electrons. The van der Waals surface area contributed by atoms with Crippen LogP contribution in [0.2, 0.25) is 0 Å². The Balaban J connectivity index is 0.00000441. The minimum Gasteiger partial charge on any atom is -0.457 e. The van der Waals surface area contributed by atoms with Crippen LogP contribution in [0.3, 0.4) is 0 Å². The maximum Gasteiger partial charge on any atom is 0.242 e. The summed E-state index contributed by atoms with van der Waals surface area (Å²) in [6.45, 7) is 0.537. The fourth-order valence-electron chi connectivity index (χ4n) is 3.77. The topological polar surface area (TPSA) is 142 Å². The first-order valence-electron chi connectivity index (χ1n) is 12.4. The number of hydrogen-bond acceptors (Lipinski definition) is 6. The molecule has 3 aromatic carbocycles. The number of pyridine rings is 1. The van der Waals surface area contributed by atoms with E-state index in [-0.39, 0.29) is 36.6 Å². The van der Waals surface area contributed by atoms with Crippen LogP contribution in [-0.4, -0.2) is 29.2 Å². The van der Waals surface area contributed by atoms with Gasteiger partial charge in [0.1, 0.15) is 23.4 Å². The van der Waals surface area contributed by atoms with E-state index in [0.29, 0.717) is 35.7 Å². The number of benzene rings is 3. The van der Waals surface area contributed by atoms with Crippen LogP contribution in [0.15, 0.2) is 103 Å². The maximum absolute atomic E-state index is 13.2. The summed E-state index contributed by atoms with van der Waals surface area (Å²) >= 11 is 0. The van der Waals surface area contributed by atoms with Gasteiger partial charge in [0.15, 0.2) is 0 Å². The molecule has 1 heterocycles. The zero-order chi connectivity index (χ0) is 27.5. The van der Waals surface area contributed by atoms with Gasteiger partial charge in [-0.2, -0.15) is 0 Å². The Hall–Kier alpha value is -4.73. The van der Waals surface area contributed by atoms with Crippen molar-refractivity contribution >= 4 is 30.1 Å². The van der Waals surface area contributed by atoms with Crippen molar-refractivity contribution in [1.82, 2.24) is 20.9 Å². The lowest BCUT2D eigenvalue weighted by molar-refractivity contribution is -0.127. The number of halogens is 1. The first kappa shape index (κ1) is 29.8. The minimum atomic E-state index is -0.727. The average Bonchev–Trinajstić information content (AvgIpc) is 2.97. The highest BCUT2D eigenvalue weighted by atomic mass is 35.5. The zero-order valence-corrected chi connectivity index (χ0v) is 22.5. The SMILES string of the molecule is Cl.N=C(N)c1ccc(CNC(C(=O)NCC(=O)NCc2cccnc2)c2ccc(Oc3ccccc3)cc2)cc1. The molecule has 0 spiro atoms. The number of para-hydroxylation sites is 1. The first-order chi connectivity index (χ1) is 19.0. The standard InChI is InChI=1S/C30H30N6O3.ClH/c31-29(32)24-10-8-21(9-11-24)18-35-28(23-12-14-26(15-13-23)39-25-6-2-1-3-7-25)30(38)36-20-27(37)34-19-22-5-4-16-33-17-22;/h1-17,28,35H,18-20H2,(H3,31,32)(H,34,37)(H,36,38);1H. The summed E-state index contributed by atoms with van der Waals surface area (Å²) < 4.78 is 5.87. The number of hydrogen-bond donors (Lipinski definition) is 5. The summed E-state index contributed by atoms with van der Waals surface area (Å²) in [5.74, 6) is 0.690. The molecule has 10 heteroatoms. The average molecular weight is 559 g/mol. The second kappa shape index (κ2) is 15.0. The number of nitrogens with zero attached hydrogens (tertiary/aromatic N) is 1. The van der Waals surface area contributed by atoms with Crippen molar-refractivity contribution in [3.8, 4) is 11.5 Å². The van der Waals surface area contributed by atoms with Crippen molar-refractivity contribution in [2.75, 3.05) is 6.54 Å². The third kappa shape index (κ3) is 8.93. The lowest BCUT2D eigenvalue weighted by Crippen LogP contribution is -2.42. The van der Waals surface area contributed by atoms with Crippen molar-refractivity contribution < 1.29 is 14.3 Å². The quantitative estimate of drug-likeness (QED) is 0.132. The molecule has 9 nitrogen and oxygen atoms in total. The number of nitrogens with two attached hydrogens (primary N) is 1. The van der Waals surface area contributed by atoms with Crippen LogP contribution in [0, 0.1) is 5.41 Å². The van der Waals surface area contributed by atoms with Crippen LogP contribution in [0.1, 0.15) is 28.3 Å². The summed E-state index contributed by atoms with van der Waals surface area (Å²) in [5.41, 5.74) is 8.66. The molecule has 0 aliphatic carbocycles. The number of nitrogens with one attached hydrogen (secondary N) is 4. The fourth-order valence-corrected chi connectivity index (χ4v) is 3.77. The molecule has 6 N–H and O–H groups in total. The summed E-state index contributed by atoms with van der Waals surface area (Å²) in [6, 6.07) is 26.8. The lowest BCUT2D eigenvalue weighted by Gasteiger charge is -2.19. The van der Waals surface area contributed by atoms with E-state index in [1.54, 1.807) is 42.7 Å². The maximum atomic E-state index is 13.2. The van der Waals surface area contributed by atoms with Crippen LogP contribution in [-0.2, 0) is 22.7 Å². The lowest BCUT2D eigenvalue weighted by atomic mass is 10.0. The normalized spacial score (nSPS) is 11.0. The second-order valence-corrected chi connectivity index (χ2v) is 8.76. The van der Waals surface area contributed by atoms with E-state index in [1.807, 2.05) is 60.7 Å². The van der Waals surface area contributed by atoms with Gasteiger partial charge in [0.05, 0.1) is 6.54 Å². The smallest absolute Gasteiger partial charge is 0.242 e. The van der Waals surface area contributed by atoms with E-state index in [9.17, 15) is 9.59 Å². The molecule has 1 unspecified atom stereocenters. The third-order valence-corrected chi connectivity index (χ3v) is 5.87. The van der Waals surface area contributed by atoms with Crippen molar-refractivity contribution in [1.29, 1.82) is 5.41 Å². The van der Waals surface area contributed by atoms with E-state index in [0.717, 1.165) is 11.1 Å². The van der Waals surface area contributed by atoms with Crippen LogP contribution in [0.4, 0.5) is 0 Å². The van der Waals surface area contributed by atoms with E-state index in [4.69, 9.17) is 15.9 Å². The molecular weight excluding hydrogens is 528 g/mol. The van der Waals surface area contributed by atoms with Gasteiger partial charge in [0.2, 0.25) is 11.8 Å². The molecule has 0 saturated heterocycles. The molecule has 4 aromatic rings. The van der Waals surface area contributed by atoms with Gasteiger partial charge in [-0.1, -0.05) is 60.7 Å². The van der Waals surface area contributed by atoms with Gasteiger partial charge >= 0.3 is 0 Å². The van der Waals surface area contributed by atoms with Crippen molar-refractivity contribution in [2.45, 2.75) is 19.1 Å². The van der Waals surface area contributed by atoms with Crippen molar-refractivity contribution in [3.63, 3.8) is 0 Å². The summed E-state index contributed by atoms with van der Waals surface area (Å²) in [7, 11) is 0. The van der Waals surface area contributed by atoms with Gasteiger partial charge in [0.25, 0.3) is 0 Å². The third-order valence-electron chi connectivity index (χ3n) is 5.87. The number of amides is 2. The minimum absolute atomic E-state index is 0. The molecular formula is C30H31ClN6O3. The van der Waals surface area contributed by atoms with Gasteiger partial charge in [-0.05, 0) is 47.0 Å². The molecule has 0 bridgehead atoms. The van der Waals surface area contributed by atoms with Gasteiger partial charge in [0, 0.05) is 31.0 Å². The Labute approximate surface area is 239 Å². The number of carbonyl (C=O) groups is 2. The van der Waals surface area contributed by atoms with Gasteiger partial charge in [-0.25, -0.2) is 0 Å². The highest BCUT2D eigenvalue weighted by molar-refractivity contribution is 5.94. The van der Waals surface area contributed by atoms with Crippen LogP contribution in [0.25, 0.3) is 0 Å². The predicted octanol–water partition coefficient (Wildman–Crippen LogP) is 3.84. The number of rotatable bonds is 12. The van der Waals surface area contributed by atoms with E-state index in [2.05, 4.69) is 20.9 Å². The van der Waals surface area contributed by atoms with Crippen LogP contribution in [0.5, 0.6) is 11.5 Å². The van der Waals surface area contributed by atoms with E-state index >= 15 is 0 Å². The monoisotopic (exact) mass is 558 g/mol. The highest BCUT2D eigenvalue weighted by Gasteiger charge is 2.21. The molecule has 0 aliphatic heterocycles. The summed E-state index contributed by atoms with van der Waals surface area (Å²) in [6.07, 6.45) is 3.34. The Morgan fingerprint density at radius 1 is 0.825 bits per heavy atom. The largest absolute Gasteiger partial charge is 0.457 e. The number of amidine groups is 1. The molecule has 1 aromatic heterocycles. The van der Waals surface area contributed by atoms with Crippen molar-refractivity contribution in [2.24, 2.45) is 5.73 Å². The summed E-state index contributed by atoms with van der Waals surface area (Å²) in [5, 5.41) is 16.3. The zero-order valence-electron chi connectivity index (χ0n) is 21.7. The van der Waals surface area contributed by atoms with Crippen molar-refractivity contribution in [3.05, 3.63) is 126 Å². The Bertz CT molecular complexity index is 1380. The van der Waals surface area contributed by atoms with E-state index in [1.165, 1.54) is 0 Å². The summed E-state index contributed by atoms with van der Waals surface area (Å²) in [4.78, 5) is 29.6. The number of aromatic nitrogens is 1. The molecule has 0 saturated carbocycles. The predicted molar refractivity (Wildman–Crippen MR) is 156 cm³/mol. The van der Waals surface area contributed by atoms with Gasteiger partial charge < -0.3 is 21.1 Å². The van der Waals surface area contributed by atoms with Gasteiger partial charge in [-0.3, -0.25) is 25.3 Å². The Morgan fingerprint density at radius 2 is 1.52 bits per heavy atom. The van der Waals surface area contributed by atoms with E-state index < -0.39 is 6.04 Å². The molecule has 4 rings (SSSR count). The molecule has 1 atom stereocenters.